The van der Waals surface area contributed by atoms with Crippen LogP contribution in [0.4, 0.5) is 5.82 Å². The van der Waals surface area contributed by atoms with Crippen LogP contribution in [0.2, 0.25) is 5.02 Å². The summed E-state index contributed by atoms with van der Waals surface area (Å²) in [5.74, 6) is 1.79. The third kappa shape index (κ3) is 2.86. The van der Waals surface area contributed by atoms with Crippen molar-refractivity contribution in [3.63, 3.8) is 0 Å². The molecule has 2 aromatic heterocycles. The van der Waals surface area contributed by atoms with Crippen LogP contribution in [-0.4, -0.2) is 40.6 Å². The highest BCUT2D eigenvalue weighted by atomic mass is 35.5. The van der Waals surface area contributed by atoms with Gasteiger partial charge in [-0.2, -0.15) is 0 Å². The monoisotopic (exact) mass is 329 g/mol. The number of hydrogen-bond donors (Lipinski definition) is 2. The molecule has 3 heterocycles. The summed E-state index contributed by atoms with van der Waals surface area (Å²) in [5, 5.41) is 4.08. The summed E-state index contributed by atoms with van der Waals surface area (Å²) in [6.07, 6.45) is 8.03. The van der Waals surface area contributed by atoms with E-state index >= 15 is 0 Å². The summed E-state index contributed by atoms with van der Waals surface area (Å²) < 4.78 is 0. The normalized spacial score (nSPS) is 20.6. The first-order valence-electron chi connectivity index (χ1n) is 8.10. The van der Waals surface area contributed by atoms with E-state index in [-0.39, 0.29) is 0 Å². The molecule has 0 bridgehead atoms. The zero-order valence-corrected chi connectivity index (χ0v) is 13.9. The van der Waals surface area contributed by atoms with Gasteiger partial charge in [-0.3, -0.25) is 0 Å². The Morgan fingerprint density at radius 2 is 2.30 bits per heavy atom. The minimum Gasteiger partial charge on any atom is -0.354 e. The largest absolute Gasteiger partial charge is 0.354 e. The second-order valence-corrected chi connectivity index (χ2v) is 6.62. The average molecular weight is 330 g/mol. The number of imidazole rings is 1. The lowest BCUT2D eigenvalue weighted by molar-refractivity contribution is 0.482. The SMILES string of the molecule is CC1CN(c2cc(-c3nc4c([nH]3)CCC=C4)c(Cl)cn2)CCN1. The van der Waals surface area contributed by atoms with Crippen LogP contribution in [0.15, 0.2) is 18.3 Å². The summed E-state index contributed by atoms with van der Waals surface area (Å²) in [7, 11) is 0. The minimum atomic E-state index is 0.464. The van der Waals surface area contributed by atoms with Crippen molar-refractivity contribution >= 4 is 23.5 Å². The van der Waals surface area contributed by atoms with Crippen LogP contribution in [0.3, 0.4) is 0 Å². The lowest BCUT2D eigenvalue weighted by Crippen LogP contribution is -2.49. The lowest BCUT2D eigenvalue weighted by atomic mass is 10.1. The van der Waals surface area contributed by atoms with Crippen LogP contribution in [0, 0.1) is 0 Å². The Labute approximate surface area is 140 Å². The van der Waals surface area contributed by atoms with Gasteiger partial charge in [0.2, 0.25) is 0 Å². The molecule has 0 saturated carbocycles. The van der Waals surface area contributed by atoms with E-state index in [0.717, 1.165) is 55.4 Å². The number of H-pyrrole nitrogens is 1. The van der Waals surface area contributed by atoms with Crippen LogP contribution in [-0.2, 0) is 6.42 Å². The molecule has 1 unspecified atom stereocenters. The Bertz CT molecular complexity index is 751. The summed E-state index contributed by atoms with van der Waals surface area (Å²) in [4.78, 5) is 14.9. The molecule has 1 fully saturated rings. The molecule has 5 nitrogen and oxygen atoms in total. The van der Waals surface area contributed by atoms with E-state index in [1.165, 1.54) is 5.69 Å². The highest BCUT2D eigenvalue weighted by Gasteiger charge is 2.20. The molecule has 120 valence electrons. The molecule has 6 heteroatoms. The average Bonchev–Trinajstić information content (AvgIpc) is 2.99. The number of rotatable bonds is 2. The molecule has 2 aliphatic rings. The van der Waals surface area contributed by atoms with Crippen molar-refractivity contribution in [2.24, 2.45) is 0 Å². The van der Waals surface area contributed by atoms with Crippen molar-refractivity contribution in [3.05, 3.63) is 34.7 Å². The van der Waals surface area contributed by atoms with Crippen LogP contribution in [0.25, 0.3) is 17.5 Å². The molecule has 1 aliphatic heterocycles. The third-order valence-corrected chi connectivity index (χ3v) is 4.74. The van der Waals surface area contributed by atoms with Crippen LogP contribution in [0.5, 0.6) is 0 Å². The van der Waals surface area contributed by atoms with Crippen LogP contribution >= 0.6 is 11.6 Å². The van der Waals surface area contributed by atoms with E-state index < -0.39 is 0 Å². The van der Waals surface area contributed by atoms with Gasteiger partial charge < -0.3 is 15.2 Å². The first-order valence-corrected chi connectivity index (χ1v) is 8.48. The van der Waals surface area contributed by atoms with Gasteiger partial charge in [-0.05, 0) is 31.9 Å². The molecule has 0 spiro atoms. The second kappa shape index (κ2) is 5.98. The van der Waals surface area contributed by atoms with E-state index in [1.807, 2.05) is 6.07 Å². The Balaban J connectivity index is 1.69. The summed E-state index contributed by atoms with van der Waals surface area (Å²) in [6, 6.07) is 2.51. The number of aryl methyl sites for hydroxylation is 1. The summed E-state index contributed by atoms with van der Waals surface area (Å²) >= 11 is 6.39. The van der Waals surface area contributed by atoms with Crippen molar-refractivity contribution in [1.82, 2.24) is 20.3 Å². The molecule has 2 N–H and O–H groups in total. The Hall–Kier alpha value is -1.85. The van der Waals surface area contributed by atoms with Gasteiger partial charge >= 0.3 is 0 Å². The molecule has 2 aromatic rings. The number of piperazine rings is 1. The van der Waals surface area contributed by atoms with Gasteiger partial charge in [-0.25, -0.2) is 9.97 Å². The van der Waals surface area contributed by atoms with E-state index in [1.54, 1.807) is 6.20 Å². The van der Waals surface area contributed by atoms with E-state index in [4.69, 9.17) is 16.6 Å². The topological polar surface area (TPSA) is 56.8 Å². The second-order valence-electron chi connectivity index (χ2n) is 6.21. The van der Waals surface area contributed by atoms with Gasteiger partial charge in [0.05, 0.1) is 10.7 Å². The van der Waals surface area contributed by atoms with Gasteiger partial charge in [-0.15, -0.1) is 0 Å². The van der Waals surface area contributed by atoms with E-state index in [9.17, 15) is 0 Å². The predicted octanol–water partition coefficient (Wildman–Crippen LogP) is 2.88. The number of pyridine rings is 1. The minimum absolute atomic E-state index is 0.464. The number of nitrogens with zero attached hydrogens (tertiary/aromatic N) is 3. The molecule has 1 atom stereocenters. The van der Waals surface area contributed by atoms with Gasteiger partial charge in [0.15, 0.2) is 0 Å². The van der Waals surface area contributed by atoms with Crippen molar-refractivity contribution in [1.29, 1.82) is 0 Å². The maximum Gasteiger partial charge on any atom is 0.139 e. The fourth-order valence-electron chi connectivity index (χ4n) is 3.22. The van der Waals surface area contributed by atoms with Crippen LogP contribution < -0.4 is 10.2 Å². The van der Waals surface area contributed by atoms with E-state index in [0.29, 0.717) is 11.1 Å². The van der Waals surface area contributed by atoms with Crippen molar-refractivity contribution in [3.8, 4) is 11.4 Å². The standard InChI is InChI=1S/C17H20ClN5/c1-11-10-23(7-6-19-11)16-8-12(13(18)9-20-16)17-21-14-4-2-3-5-15(14)22-17/h2,4,8-9,11,19H,3,5-7,10H2,1H3,(H,21,22). The smallest absolute Gasteiger partial charge is 0.139 e. The molecule has 1 aliphatic carbocycles. The maximum atomic E-state index is 6.39. The molecule has 0 radical (unpaired) electrons. The number of anilines is 1. The quantitative estimate of drug-likeness (QED) is 0.889. The molecule has 1 saturated heterocycles. The van der Waals surface area contributed by atoms with Crippen LogP contribution in [0.1, 0.15) is 24.7 Å². The van der Waals surface area contributed by atoms with Gasteiger partial charge in [-0.1, -0.05) is 17.7 Å². The molecular formula is C17H20ClN5. The first kappa shape index (κ1) is 14.7. The zero-order valence-electron chi connectivity index (χ0n) is 13.1. The molecule has 4 rings (SSSR count). The highest BCUT2D eigenvalue weighted by molar-refractivity contribution is 6.33. The Morgan fingerprint density at radius 1 is 1.39 bits per heavy atom. The summed E-state index contributed by atoms with van der Waals surface area (Å²) in [5.41, 5.74) is 3.13. The summed E-state index contributed by atoms with van der Waals surface area (Å²) in [6.45, 7) is 5.07. The number of nitrogens with one attached hydrogen (secondary N) is 2. The fraction of sp³-hybridized carbons (Fsp3) is 0.412. The number of aromatic amines is 1. The number of fused-ring (bicyclic) bond motifs is 1. The molecular weight excluding hydrogens is 310 g/mol. The Morgan fingerprint density at radius 3 is 3.13 bits per heavy atom. The molecule has 0 amide bonds. The van der Waals surface area contributed by atoms with Gasteiger partial charge in [0.25, 0.3) is 0 Å². The molecule has 0 aromatic carbocycles. The highest BCUT2D eigenvalue weighted by Crippen LogP contribution is 2.31. The number of halogens is 1. The van der Waals surface area contributed by atoms with Crippen molar-refractivity contribution in [2.45, 2.75) is 25.8 Å². The first-order chi connectivity index (χ1) is 11.2. The van der Waals surface area contributed by atoms with Crippen molar-refractivity contribution in [2.75, 3.05) is 24.5 Å². The molecule has 23 heavy (non-hydrogen) atoms. The third-order valence-electron chi connectivity index (χ3n) is 4.44. The number of hydrogen-bond acceptors (Lipinski definition) is 4. The maximum absolute atomic E-state index is 6.39. The lowest BCUT2D eigenvalue weighted by Gasteiger charge is -2.32. The van der Waals surface area contributed by atoms with Gasteiger partial charge in [0, 0.05) is 43.1 Å². The zero-order chi connectivity index (χ0) is 15.8. The van der Waals surface area contributed by atoms with Crippen molar-refractivity contribution < 1.29 is 0 Å². The van der Waals surface area contributed by atoms with E-state index in [2.05, 4.69) is 39.3 Å². The number of aromatic nitrogens is 3. The number of allylic oxidation sites excluding steroid dienone is 1. The predicted molar refractivity (Wildman–Crippen MR) is 93.9 cm³/mol. The Kier molecular flexibility index (Phi) is 3.83. The fourth-order valence-corrected chi connectivity index (χ4v) is 3.42. The van der Waals surface area contributed by atoms with Gasteiger partial charge in [0.1, 0.15) is 11.6 Å².